The van der Waals surface area contributed by atoms with Crippen molar-refractivity contribution in [3.8, 4) is 5.75 Å². The molecule has 0 aliphatic carbocycles. The smallest absolute Gasteiger partial charge is 0.261 e. The molecule has 2 heterocycles. The molecule has 3 aromatic rings. The molecule has 150 valence electrons. The second-order valence-electron chi connectivity index (χ2n) is 8.48. The van der Waals surface area contributed by atoms with Crippen LogP contribution in [0.2, 0.25) is 5.04 Å². The Morgan fingerprint density at radius 2 is 1.59 bits per heavy atom. The average molecular weight is 405 g/mol. The van der Waals surface area contributed by atoms with Crippen molar-refractivity contribution in [2.45, 2.75) is 31.9 Å². The fourth-order valence-corrected chi connectivity index (χ4v) is 8.72. The number of ether oxygens (including phenoxy) is 1. The second-order valence-corrected chi connectivity index (χ2v) is 12.8. The lowest BCUT2D eigenvalue weighted by molar-refractivity contribution is 0.212. The van der Waals surface area contributed by atoms with E-state index in [2.05, 4.69) is 91.7 Å². The van der Waals surface area contributed by atoms with Gasteiger partial charge in [-0.2, -0.15) is 0 Å². The Kier molecular flexibility index (Phi) is 5.43. The largest absolute Gasteiger partial charge is 0.487 e. The maximum atomic E-state index is 6.99. The standard InChI is InChI=1S/C24H28N2O2Si/c1-24(2,3)29(20-11-6-4-7-12-20,21-13-8-5-9-14-21)28-18-19-17-27-22-15-10-16-25-23(22)26-19/h4-16,19H,17-18H2,1-3H3,(H,25,26). The Morgan fingerprint density at radius 3 is 2.17 bits per heavy atom. The molecule has 1 aliphatic heterocycles. The van der Waals surface area contributed by atoms with E-state index < -0.39 is 8.32 Å². The Bertz CT molecular complexity index is 902. The number of benzene rings is 2. The fraction of sp³-hybridized carbons (Fsp3) is 0.292. The van der Waals surface area contributed by atoms with Gasteiger partial charge in [0.1, 0.15) is 6.61 Å². The molecule has 0 radical (unpaired) electrons. The van der Waals surface area contributed by atoms with Crippen LogP contribution >= 0.6 is 0 Å². The summed E-state index contributed by atoms with van der Waals surface area (Å²) >= 11 is 0. The number of nitrogens with zero attached hydrogens (tertiary/aromatic N) is 1. The number of anilines is 1. The van der Waals surface area contributed by atoms with E-state index in [1.165, 1.54) is 10.4 Å². The van der Waals surface area contributed by atoms with Gasteiger partial charge in [0.05, 0.1) is 12.6 Å². The molecule has 0 bridgehead atoms. The monoisotopic (exact) mass is 404 g/mol. The van der Waals surface area contributed by atoms with Crippen molar-refractivity contribution >= 4 is 24.5 Å². The van der Waals surface area contributed by atoms with E-state index in [1.54, 1.807) is 6.20 Å². The molecule has 1 aliphatic rings. The summed E-state index contributed by atoms with van der Waals surface area (Å²) in [6, 6.07) is 25.3. The van der Waals surface area contributed by atoms with Crippen LogP contribution in [0.1, 0.15) is 20.8 Å². The Labute approximate surface area is 174 Å². The lowest BCUT2D eigenvalue weighted by Gasteiger charge is -2.44. The molecule has 4 rings (SSSR count). The van der Waals surface area contributed by atoms with Gasteiger partial charge < -0.3 is 14.5 Å². The van der Waals surface area contributed by atoms with Gasteiger partial charge in [0.2, 0.25) is 0 Å². The van der Waals surface area contributed by atoms with Crippen LogP contribution in [0.3, 0.4) is 0 Å². The quantitative estimate of drug-likeness (QED) is 0.657. The minimum atomic E-state index is -2.54. The molecular weight excluding hydrogens is 376 g/mol. The predicted octanol–water partition coefficient (Wildman–Crippen LogP) is 3.83. The maximum absolute atomic E-state index is 6.99. The summed E-state index contributed by atoms with van der Waals surface area (Å²) in [5.74, 6) is 1.59. The van der Waals surface area contributed by atoms with Gasteiger partial charge in [-0.3, -0.25) is 0 Å². The van der Waals surface area contributed by atoms with Crippen molar-refractivity contribution in [1.82, 2.24) is 4.98 Å². The van der Waals surface area contributed by atoms with Gasteiger partial charge in [-0.05, 0) is 27.5 Å². The molecule has 5 heteroatoms. The highest BCUT2D eigenvalue weighted by Crippen LogP contribution is 2.37. The van der Waals surface area contributed by atoms with Crippen LogP contribution in [-0.4, -0.2) is 32.6 Å². The SMILES string of the molecule is CC(C)(C)[Si](OCC1COc2cccnc2N1)(c1ccccc1)c1ccccc1. The molecular formula is C24H28N2O2Si. The molecule has 0 fully saturated rings. The molecule has 29 heavy (non-hydrogen) atoms. The van der Waals surface area contributed by atoms with E-state index in [4.69, 9.17) is 9.16 Å². The van der Waals surface area contributed by atoms with Crippen LogP contribution in [-0.2, 0) is 4.43 Å². The zero-order valence-electron chi connectivity index (χ0n) is 17.3. The number of hydrogen-bond donors (Lipinski definition) is 1. The van der Waals surface area contributed by atoms with E-state index in [9.17, 15) is 0 Å². The van der Waals surface area contributed by atoms with Crippen molar-refractivity contribution in [2.24, 2.45) is 0 Å². The molecule has 0 saturated carbocycles. The van der Waals surface area contributed by atoms with E-state index in [-0.39, 0.29) is 11.1 Å². The van der Waals surface area contributed by atoms with Crippen molar-refractivity contribution in [3.63, 3.8) is 0 Å². The second kappa shape index (κ2) is 8.01. The third kappa shape index (κ3) is 3.80. The predicted molar refractivity (Wildman–Crippen MR) is 121 cm³/mol. The average Bonchev–Trinajstić information content (AvgIpc) is 2.75. The van der Waals surface area contributed by atoms with Gasteiger partial charge in [0, 0.05) is 6.20 Å². The third-order valence-corrected chi connectivity index (χ3v) is 10.5. The molecule has 1 N–H and O–H groups in total. The van der Waals surface area contributed by atoms with Crippen LogP contribution < -0.4 is 20.4 Å². The first kappa shape index (κ1) is 19.7. The summed E-state index contributed by atoms with van der Waals surface area (Å²) < 4.78 is 12.9. The van der Waals surface area contributed by atoms with Crippen LogP contribution in [0, 0.1) is 0 Å². The highest BCUT2D eigenvalue weighted by molar-refractivity contribution is 6.99. The number of aromatic nitrogens is 1. The van der Waals surface area contributed by atoms with Crippen LogP contribution in [0.25, 0.3) is 0 Å². The van der Waals surface area contributed by atoms with Crippen molar-refractivity contribution in [2.75, 3.05) is 18.5 Å². The van der Waals surface area contributed by atoms with Gasteiger partial charge >= 0.3 is 0 Å². The highest BCUT2D eigenvalue weighted by atomic mass is 28.4. The zero-order valence-corrected chi connectivity index (χ0v) is 18.3. The molecule has 1 unspecified atom stereocenters. The molecule has 0 spiro atoms. The Morgan fingerprint density at radius 1 is 0.966 bits per heavy atom. The van der Waals surface area contributed by atoms with E-state index in [0.717, 1.165) is 11.6 Å². The molecule has 2 aromatic carbocycles. The van der Waals surface area contributed by atoms with Gasteiger partial charge in [-0.1, -0.05) is 81.4 Å². The van der Waals surface area contributed by atoms with Crippen molar-refractivity contribution < 1.29 is 9.16 Å². The number of hydrogen-bond acceptors (Lipinski definition) is 4. The molecule has 1 aromatic heterocycles. The fourth-order valence-electron chi connectivity index (χ4n) is 4.12. The van der Waals surface area contributed by atoms with Gasteiger partial charge in [0.15, 0.2) is 11.6 Å². The minimum absolute atomic E-state index is 0.0403. The lowest BCUT2D eigenvalue weighted by Crippen LogP contribution is -2.67. The molecule has 1 atom stereocenters. The Balaban J connectivity index is 1.68. The van der Waals surface area contributed by atoms with Crippen molar-refractivity contribution in [1.29, 1.82) is 0 Å². The topological polar surface area (TPSA) is 43.4 Å². The third-order valence-electron chi connectivity index (χ3n) is 5.47. The zero-order chi connectivity index (χ0) is 20.3. The van der Waals surface area contributed by atoms with Gasteiger partial charge in [0.25, 0.3) is 8.32 Å². The number of nitrogens with one attached hydrogen (secondary N) is 1. The highest BCUT2D eigenvalue weighted by Gasteiger charge is 2.50. The summed E-state index contributed by atoms with van der Waals surface area (Å²) in [6.45, 7) is 8.00. The molecule has 4 nitrogen and oxygen atoms in total. The van der Waals surface area contributed by atoms with Crippen LogP contribution in [0.5, 0.6) is 5.75 Å². The van der Waals surface area contributed by atoms with E-state index >= 15 is 0 Å². The number of rotatable bonds is 5. The van der Waals surface area contributed by atoms with E-state index in [1.807, 2.05) is 12.1 Å². The van der Waals surface area contributed by atoms with Gasteiger partial charge in [-0.15, -0.1) is 0 Å². The number of pyridine rings is 1. The molecule has 0 saturated heterocycles. The summed E-state index contributed by atoms with van der Waals surface area (Å²) in [5.41, 5.74) is 0. The van der Waals surface area contributed by atoms with E-state index in [0.29, 0.717) is 13.2 Å². The number of fused-ring (bicyclic) bond motifs is 1. The normalized spacial score (nSPS) is 16.4. The van der Waals surface area contributed by atoms with Crippen molar-refractivity contribution in [3.05, 3.63) is 79.0 Å². The summed E-state index contributed by atoms with van der Waals surface area (Å²) in [5, 5.41) is 6.02. The summed E-state index contributed by atoms with van der Waals surface area (Å²) in [4.78, 5) is 4.40. The Hall–Kier alpha value is -2.63. The van der Waals surface area contributed by atoms with Crippen LogP contribution in [0.4, 0.5) is 5.82 Å². The first-order valence-electron chi connectivity index (χ1n) is 10.1. The van der Waals surface area contributed by atoms with Gasteiger partial charge in [-0.25, -0.2) is 4.98 Å². The molecule has 0 amide bonds. The summed E-state index contributed by atoms with van der Waals surface area (Å²) in [7, 11) is -2.54. The maximum Gasteiger partial charge on any atom is 0.261 e. The first-order chi connectivity index (χ1) is 14.0. The van der Waals surface area contributed by atoms with Crippen LogP contribution in [0.15, 0.2) is 79.0 Å². The lowest BCUT2D eigenvalue weighted by atomic mass is 10.2. The summed E-state index contributed by atoms with van der Waals surface area (Å²) in [6.07, 6.45) is 1.78. The minimum Gasteiger partial charge on any atom is -0.487 e. The first-order valence-corrected chi connectivity index (χ1v) is 12.0.